The number of carbonyl (C=O) groups is 3. The molecule has 3 heterocycles. The van der Waals surface area contributed by atoms with Gasteiger partial charge >= 0.3 is 17.9 Å². The molecule has 1 aromatic heterocycles. The summed E-state index contributed by atoms with van der Waals surface area (Å²) in [6, 6.07) is 2.00. The fourth-order valence-corrected chi connectivity index (χ4v) is 10.0. The Kier molecular flexibility index (Phi) is 7.24. The van der Waals surface area contributed by atoms with Crippen molar-refractivity contribution in [2.45, 2.75) is 104 Å². The third-order valence-corrected chi connectivity index (χ3v) is 12.0. The van der Waals surface area contributed by atoms with Crippen molar-refractivity contribution < 1.29 is 42.5 Å². The smallest absolute Gasteiger partial charge is 0.333 e. The SMILES string of the molecule is C/C=C(\C)C(=O)O[C@H]1C[C@@H](OC(C)=O)[C@@]2(C)CO[C@@H]3C2[C@@]1(C)[C@@H](CC(=O)OC)[C@]1(C)C2=C(C)[C@H](c4ccoc4)C[C@H]2O[C@H]31. The van der Waals surface area contributed by atoms with Gasteiger partial charge in [0.1, 0.15) is 12.2 Å². The molecule has 0 amide bonds. The Morgan fingerprint density at radius 1 is 1.09 bits per heavy atom. The van der Waals surface area contributed by atoms with E-state index in [0.29, 0.717) is 18.6 Å². The molecule has 3 aliphatic carbocycles. The van der Waals surface area contributed by atoms with Crippen molar-refractivity contribution in [2.75, 3.05) is 13.7 Å². The van der Waals surface area contributed by atoms with E-state index in [1.54, 1.807) is 32.4 Å². The lowest BCUT2D eigenvalue weighted by atomic mass is 9.40. The zero-order valence-electron chi connectivity index (χ0n) is 26.4. The minimum Gasteiger partial charge on any atom is -0.472 e. The molecule has 234 valence electrons. The van der Waals surface area contributed by atoms with Gasteiger partial charge in [-0.25, -0.2) is 4.79 Å². The summed E-state index contributed by atoms with van der Waals surface area (Å²) in [6.45, 7) is 13.9. The van der Waals surface area contributed by atoms with Gasteiger partial charge in [-0.15, -0.1) is 0 Å². The highest BCUT2D eigenvalue weighted by Gasteiger charge is 2.78. The third kappa shape index (κ3) is 4.13. The number of rotatable bonds is 6. The number of fused-ring (bicyclic) bond motifs is 4. The first kappa shape index (κ1) is 30.1. The van der Waals surface area contributed by atoms with E-state index in [1.807, 2.05) is 6.07 Å². The average Bonchev–Trinajstić information content (AvgIpc) is 3.73. The molecule has 0 N–H and O–H groups in total. The lowest BCUT2D eigenvalue weighted by Crippen LogP contribution is -2.71. The number of ether oxygens (including phenoxy) is 5. The van der Waals surface area contributed by atoms with Crippen LogP contribution in [0.25, 0.3) is 0 Å². The van der Waals surface area contributed by atoms with E-state index in [4.69, 9.17) is 28.1 Å². The molecule has 11 atom stereocenters. The summed E-state index contributed by atoms with van der Waals surface area (Å²) in [5, 5.41) is 0. The number of esters is 3. The second-order valence-corrected chi connectivity index (χ2v) is 13.9. The van der Waals surface area contributed by atoms with E-state index in [-0.39, 0.29) is 48.5 Å². The Labute approximate surface area is 253 Å². The lowest BCUT2D eigenvalue weighted by molar-refractivity contribution is -0.251. The maximum Gasteiger partial charge on any atom is 0.333 e. The van der Waals surface area contributed by atoms with Gasteiger partial charge in [0.2, 0.25) is 0 Å². The monoisotopic (exact) mass is 596 g/mol. The van der Waals surface area contributed by atoms with E-state index in [2.05, 4.69) is 27.7 Å². The molecule has 1 aromatic rings. The van der Waals surface area contributed by atoms with E-state index in [9.17, 15) is 14.4 Å². The summed E-state index contributed by atoms with van der Waals surface area (Å²) in [4.78, 5) is 39.0. The van der Waals surface area contributed by atoms with Gasteiger partial charge in [-0.3, -0.25) is 9.59 Å². The first-order chi connectivity index (χ1) is 20.3. The Morgan fingerprint density at radius 2 is 1.84 bits per heavy atom. The van der Waals surface area contributed by atoms with Crippen LogP contribution in [0.15, 0.2) is 45.8 Å². The highest BCUT2D eigenvalue weighted by molar-refractivity contribution is 5.87. The van der Waals surface area contributed by atoms with Crippen LogP contribution in [0.5, 0.6) is 0 Å². The molecule has 2 saturated carbocycles. The predicted octanol–water partition coefficient (Wildman–Crippen LogP) is 5.29. The normalized spacial score (nSPS) is 43.1. The van der Waals surface area contributed by atoms with Crippen LogP contribution in [0.2, 0.25) is 0 Å². The summed E-state index contributed by atoms with van der Waals surface area (Å²) in [5.74, 6) is -1.54. The Bertz CT molecular complexity index is 1380. The molecule has 2 aliphatic heterocycles. The van der Waals surface area contributed by atoms with Gasteiger partial charge in [-0.2, -0.15) is 0 Å². The van der Waals surface area contributed by atoms with Gasteiger partial charge in [-0.1, -0.05) is 32.4 Å². The summed E-state index contributed by atoms with van der Waals surface area (Å²) in [7, 11) is 1.41. The number of hydrogen-bond donors (Lipinski definition) is 0. The Balaban J connectivity index is 1.55. The number of methoxy groups -OCH3 is 1. The first-order valence-electron chi connectivity index (χ1n) is 15.4. The maximum absolute atomic E-state index is 13.4. The summed E-state index contributed by atoms with van der Waals surface area (Å²) in [5.41, 5.74) is 2.08. The van der Waals surface area contributed by atoms with Gasteiger partial charge in [0.25, 0.3) is 0 Å². The van der Waals surface area contributed by atoms with Crippen molar-refractivity contribution in [3.8, 4) is 0 Å². The number of furan rings is 1. The van der Waals surface area contributed by atoms with Crippen LogP contribution in [0.3, 0.4) is 0 Å². The van der Waals surface area contributed by atoms with Crippen molar-refractivity contribution >= 4 is 17.9 Å². The van der Waals surface area contributed by atoms with Crippen molar-refractivity contribution in [3.63, 3.8) is 0 Å². The molecule has 43 heavy (non-hydrogen) atoms. The standard InChI is InChI=1S/C34H44O9/c1-9-17(2)31(37)43-25-14-24(41-19(4)35)32(5)16-40-28-29(32)33(25,6)23(13-26(36)38-8)34(7)27-18(3)21(20-10-11-39-15-20)12-22(27)42-30(28)34/h9-11,15,21-25,28-30H,12-14,16H2,1-8H3/b17-9+/t21-,22-,23-,24-,25+,28-,29?,30-,32-,33+,34-/m1/s1. The molecule has 9 heteroatoms. The molecule has 0 spiro atoms. The zero-order valence-corrected chi connectivity index (χ0v) is 26.4. The van der Waals surface area contributed by atoms with Crippen LogP contribution in [-0.2, 0) is 38.1 Å². The number of carbonyl (C=O) groups excluding carboxylic acids is 3. The molecular formula is C34H44O9. The highest BCUT2D eigenvalue weighted by Crippen LogP contribution is 2.74. The maximum atomic E-state index is 13.4. The number of allylic oxidation sites excluding steroid dienone is 2. The Hall–Kier alpha value is -2.91. The van der Waals surface area contributed by atoms with Gasteiger partial charge in [0, 0.05) is 53.4 Å². The zero-order chi connectivity index (χ0) is 31.1. The fraction of sp³-hybridized carbons (Fsp3) is 0.676. The van der Waals surface area contributed by atoms with Gasteiger partial charge in [0.15, 0.2) is 0 Å². The molecule has 0 aromatic carbocycles. The fourth-order valence-electron chi connectivity index (χ4n) is 10.0. The summed E-state index contributed by atoms with van der Waals surface area (Å²) < 4.78 is 36.8. The summed E-state index contributed by atoms with van der Waals surface area (Å²) >= 11 is 0. The molecule has 9 nitrogen and oxygen atoms in total. The Morgan fingerprint density at radius 3 is 2.47 bits per heavy atom. The molecule has 0 bridgehead atoms. The predicted molar refractivity (Wildman–Crippen MR) is 155 cm³/mol. The van der Waals surface area contributed by atoms with Crippen LogP contribution in [0.1, 0.15) is 79.2 Å². The molecule has 4 fully saturated rings. The van der Waals surface area contributed by atoms with Crippen molar-refractivity contribution in [2.24, 2.45) is 28.1 Å². The van der Waals surface area contributed by atoms with Crippen LogP contribution >= 0.6 is 0 Å². The molecule has 6 rings (SSSR count). The molecule has 5 aliphatic rings. The second kappa shape index (κ2) is 10.3. The van der Waals surface area contributed by atoms with Gasteiger partial charge in [-0.05, 0) is 50.3 Å². The van der Waals surface area contributed by atoms with Gasteiger partial charge < -0.3 is 28.1 Å². The van der Waals surface area contributed by atoms with E-state index < -0.39 is 40.4 Å². The highest BCUT2D eigenvalue weighted by atomic mass is 16.6. The largest absolute Gasteiger partial charge is 0.472 e. The summed E-state index contributed by atoms with van der Waals surface area (Å²) in [6.07, 6.45) is 4.39. The van der Waals surface area contributed by atoms with E-state index >= 15 is 0 Å². The third-order valence-electron chi connectivity index (χ3n) is 12.0. The molecule has 1 unspecified atom stereocenters. The average molecular weight is 597 g/mol. The minimum absolute atomic E-state index is 0.122. The van der Waals surface area contributed by atoms with E-state index in [0.717, 1.165) is 12.0 Å². The van der Waals surface area contributed by atoms with Crippen molar-refractivity contribution in [1.82, 2.24) is 0 Å². The molecular weight excluding hydrogens is 552 g/mol. The van der Waals surface area contributed by atoms with Crippen LogP contribution < -0.4 is 0 Å². The van der Waals surface area contributed by atoms with Crippen molar-refractivity contribution in [1.29, 1.82) is 0 Å². The quantitative estimate of drug-likeness (QED) is 0.187. The first-order valence-corrected chi connectivity index (χ1v) is 15.4. The second-order valence-electron chi connectivity index (χ2n) is 13.9. The molecule has 0 radical (unpaired) electrons. The van der Waals surface area contributed by atoms with Crippen LogP contribution in [-0.4, -0.2) is 62.1 Å². The molecule has 2 saturated heterocycles. The van der Waals surface area contributed by atoms with Gasteiger partial charge in [0.05, 0.1) is 44.6 Å². The lowest BCUT2D eigenvalue weighted by Gasteiger charge is -2.65. The minimum atomic E-state index is -0.741. The van der Waals surface area contributed by atoms with E-state index in [1.165, 1.54) is 25.2 Å². The van der Waals surface area contributed by atoms with Crippen LogP contribution in [0, 0.1) is 28.1 Å². The topological polar surface area (TPSA) is 111 Å². The van der Waals surface area contributed by atoms with Crippen molar-refractivity contribution in [3.05, 3.63) is 47.0 Å². The number of hydrogen-bond acceptors (Lipinski definition) is 9. The van der Waals surface area contributed by atoms with Crippen LogP contribution in [0.4, 0.5) is 0 Å².